The molecule has 1 fully saturated rings. The molecule has 0 spiro atoms. The molecule has 1 aliphatic rings. The van der Waals surface area contributed by atoms with E-state index >= 15 is 0 Å². The van der Waals surface area contributed by atoms with Crippen molar-refractivity contribution in [2.75, 3.05) is 13.7 Å². The van der Waals surface area contributed by atoms with E-state index in [-0.39, 0.29) is 30.3 Å². The number of amides is 2. The van der Waals surface area contributed by atoms with E-state index in [1.165, 1.54) is 0 Å². The van der Waals surface area contributed by atoms with Crippen LogP contribution in [0.4, 0.5) is 0 Å². The van der Waals surface area contributed by atoms with Crippen molar-refractivity contribution in [3.05, 3.63) is 0 Å². The molecule has 5 nitrogen and oxygen atoms in total. The van der Waals surface area contributed by atoms with Crippen LogP contribution in [0, 0.1) is 0 Å². The molecular formula is C9H16N2O3. The highest BCUT2D eigenvalue weighted by Gasteiger charge is 2.30. The van der Waals surface area contributed by atoms with Crippen molar-refractivity contribution >= 4 is 11.8 Å². The van der Waals surface area contributed by atoms with Crippen molar-refractivity contribution in [3.63, 3.8) is 0 Å². The van der Waals surface area contributed by atoms with Crippen molar-refractivity contribution in [1.82, 2.24) is 10.6 Å². The van der Waals surface area contributed by atoms with E-state index in [4.69, 9.17) is 4.74 Å². The third-order valence-corrected chi connectivity index (χ3v) is 2.21. The number of carbonyl (C=O) groups is 2. The Bertz CT molecular complexity index is 230. The van der Waals surface area contributed by atoms with Gasteiger partial charge < -0.3 is 10.1 Å². The molecule has 0 aromatic rings. The minimum absolute atomic E-state index is 0.177. The molecule has 5 heteroatoms. The number of hydrogen-bond acceptors (Lipinski definition) is 4. The first-order chi connectivity index (χ1) is 6.63. The van der Waals surface area contributed by atoms with Gasteiger partial charge >= 0.3 is 0 Å². The van der Waals surface area contributed by atoms with Crippen LogP contribution in [0.3, 0.4) is 0 Å². The van der Waals surface area contributed by atoms with Gasteiger partial charge in [0.15, 0.2) is 0 Å². The van der Waals surface area contributed by atoms with Crippen LogP contribution in [0.2, 0.25) is 0 Å². The zero-order chi connectivity index (χ0) is 10.6. The first-order valence-corrected chi connectivity index (χ1v) is 4.72. The van der Waals surface area contributed by atoms with Crippen molar-refractivity contribution in [2.45, 2.75) is 31.8 Å². The Morgan fingerprint density at radius 3 is 2.86 bits per heavy atom. The molecule has 0 radical (unpaired) electrons. The summed E-state index contributed by atoms with van der Waals surface area (Å²) in [5, 5.41) is 5.34. The molecule has 2 N–H and O–H groups in total. The third-order valence-electron chi connectivity index (χ3n) is 2.21. The molecule has 0 saturated carbocycles. The van der Waals surface area contributed by atoms with E-state index in [1.807, 2.05) is 6.92 Å². The van der Waals surface area contributed by atoms with Gasteiger partial charge in [0.2, 0.25) is 11.8 Å². The van der Waals surface area contributed by atoms with Crippen LogP contribution in [-0.2, 0) is 14.3 Å². The summed E-state index contributed by atoms with van der Waals surface area (Å²) < 4.78 is 4.92. The van der Waals surface area contributed by atoms with Crippen molar-refractivity contribution in [3.8, 4) is 0 Å². The van der Waals surface area contributed by atoms with Crippen molar-refractivity contribution in [2.24, 2.45) is 0 Å². The fourth-order valence-electron chi connectivity index (χ4n) is 1.41. The lowest BCUT2D eigenvalue weighted by molar-refractivity contribution is -0.125. The highest BCUT2D eigenvalue weighted by atomic mass is 16.5. The van der Waals surface area contributed by atoms with Gasteiger partial charge in [-0.2, -0.15) is 0 Å². The molecule has 2 unspecified atom stereocenters. The first kappa shape index (κ1) is 11.1. The van der Waals surface area contributed by atoms with Crippen molar-refractivity contribution in [1.29, 1.82) is 0 Å². The molecule has 0 aromatic carbocycles. The van der Waals surface area contributed by atoms with E-state index < -0.39 is 0 Å². The maximum atomic E-state index is 11.2. The normalized spacial score (nSPS) is 23.7. The molecular weight excluding hydrogens is 184 g/mol. The smallest absolute Gasteiger partial charge is 0.244 e. The minimum atomic E-state index is -0.366. The van der Waals surface area contributed by atoms with Gasteiger partial charge in [-0.05, 0) is 13.3 Å². The Morgan fingerprint density at radius 2 is 2.36 bits per heavy atom. The molecule has 0 bridgehead atoms. The summed E-state index contributed by atoms with van der Waals surface area (Å²) in [6.45, 7) is 2.62. The number of methoxy groups -OCH3 is 1. The number of nitrogens with one attached hydrogen (secondary N) is 2. The Hall–Kier alpha value is -0.940. The second-order valence-electron chi connectivity index (χ2n) is 3.52. The predicted octanol–water partition coefficient (Wildman–Crippen LogP) is -0.584. The topological polar surface area (TPSA) is 67.4 Å². The number of hydrogen-bond donors (Lipinski definition) is 2. The maximum Gasteiger partial charge on any atom is 0.244 e. The van der Waals surface area contributed by atoms with Crippen LogP contribution in [-0.4, -0.2) is 37.6 Å². The lowest BCUT2D eigenvalue weighted by atomic mass is 10.2. The summed E-state index contributed by atoms with van der Waals surface area (Å²) in [7, 11) is 1.64. The van der Waals surface area contributed by atoms with Crippen LogP contribution in [0.25, 0.3) is 0 Å². The van der Waals surface area contributed by atoms with Gasteiger partial charge in [0.25, 0.3) is 0 Å². The maximum absolute atomic E-state index is 11.2. The molecule has 14 heavy (non-hydrogen) atoms. The lowest BCUT2D eigenvalue weighted by Gasteiger charge is -2.16. The SMILES string of the molecule is COCCC(C)NC1CC(=O)NC1=O. The number of imide groups is 1. The molecule has 1 rings (SSSR count). The van der Waals surface area contributed by atoms with E-state index in [9.17, 15) is 9.59 Å². The largest absolute Gasteiger partial charge is 0.385 e. The second kappa shape index (κ2) is 5.07. The van der Waals surface area contributed by atoms with Gasteiger partial charge in [-0.25, -0.2) is 0 Å². The van der Waals surface area contributed by atoms with Gasteiger partial charge in [-0.1, -0.05) is 0 Å². The van der Waals surface area contributed by atoms with Crippen LogP contribution in [0.1, 0.15) is 19.8 Å². The number of rotatable bonds is 5. The van der Waals surface area contributed by atoms with Gasteiger partial charge in [-0.15, -0.1) is 0 Å². The highest BCUT2D eigenvalue weighted by Crippen LogP contribution is 2.03. The fraction of sp³-hybridized carbons (Fsp3) is 0.778. The van der Waals surface area contributed by atoms with E-state index in [1.54, 1.807) is 7.11 Å². The van der Waals surface area contributed by atoms with E-state index in [0.717, 1.165) is 6.42 Å². The Morgan fingerprint density at radius 1 is 1.64 bits per heavy atom. The van der Waals surface area contributed by atoms with Crippen LogP contribution >= 0.6 is 0 Å². The molecule has 1 heterocycles. The first-order valence-electron chi connectivity index (χ1n) is 4.72. The quantitative estimate of drug-likeness (QED) is 0.582. The van der Waals surface area contributed by atoms with E-state index in [2.05, 4.69) is 10.6 Å². The molecule has 0 aromatic heterocycles. The van der Waals surface area contributed by atoms with Crippen molar-refractivity contribution < 1.29 is 14.3 Å². The Labute approximate surface area is 83.2 Å². The molecule has 80 valence electrons. The molecule has 1 saturated heterocycles. The minimum Gasteiger partial charge on any atom is -0.385 e. The summed E-state index contributed by atoms with van der Waals surface area (Å²) in [4.78, 5) is 22.0. The monoisotopic (exact) mass is 200 g/mol. The number of carbonyl (C=O) groups excluding carboxylic acids is 2. The average Bonchev–Trinajstić information content (AvgIpc) is 2.42. The van der Waals surface area contributed by atoms with Crippen LogP contribution in [0.5, 0.6) is 0 Å². The zero-order valence-corrected chi connectivity index (χ0v) is 8.50. The molecule has 2 amide bonds. The van der Waals surface area contributed by atoms with Gasteiger partial charge in [0, 0.05) is 19.8 Å². The molecule has 2 atom stereocenters. The summed E-state index contributed by atoms with van der Waals surface area (Å²) in [5.74, 6) is -0.425. The highest BCUT2D eigenvalue weighted by molar-refractivity contribution is 6.05. The predicted molar refractivity (Wildman–Crippen MR) is 50.6 cm³/mol. The summed E-state index contributed by atoms with van der Waals surface area (Å²) in [6.07, 6.45) is 1.07. The van der Waals surface area contributed by atoms with Crippen LogP contribution in [0.15, 0.2) is 0 Å². The second-order valence-corrected chi connectivity index (χ2v) is 3.52. The molecule has 0 aliphatic carbocycles. The Kier molecular flexibility index (Phi) is 4.03. The summed E-state index contributed by atoms with van der Waals surface area (Å²) in [6, 6.07) is -0.189. The van der Waals surface area contributed by atoms with E-state index in [0.29, 0.717) is 6.61 Å². The third kappa shape index (κ3) is 3.08. The van der Waals surface area contributed by atoms with Gasteiger partial charge in [-0.3, -0.25) is 14.9 Å². The fourth-order valence-corrected chi connectivity index (χ4v) is 1.41. The standard InChI is InChI=1S/C9H16N2O3/c1-6(3-4-14-2)10-7-5-8(12)11-9(7)13/h6-7,10H,3-5H2,1-2H3,(H,11,12,13). The average molecular weight is 200 g/mol. The number of ether oxygens (including phenoxy) is 1. The lowest BCUT2D eigenvalue weighted by Crippen LogP contribution is -2.41. The zero-order valence-electron chi connectivity index (χ0n) is 8.50. The van der Waals surface area contributed by atoms with Crippen LogP contribution < -0.4 is 10.6 Å². The summed E-state index contributed by atoms with van der Waals surface area (Å²) >= 11 is 0. The summed E-state index contributed by atoms with van der Waals surface area (Å²) in [5.41, 5.74) is 0. The Balaban J connectivity index is 2.29. The van der Waals surface area contributed by atoms with Gasteiger partial charge in [0.05, 0.1) is 12.5 Å². The van der Waals surface area contributed by atoms with Gasteiger partial charge in [0.1, 0.15) is 0 Å². The molecule has 1 aliphatic heterocycles.